The third-order valence-electron chi connectivity index (χ3n) is 4.72. The molecule has 0 saturated heterocycles. The van der Waals surface area contributed by atoms with E-state index in [1.807, 2.05) is 0 Å². The van der Waals surface area contributed by atoms with Gasteiger partial charge in [0, 0.05) is 22.5 Å². The standard InChI is InChI=1S/C19H25N/c1-14(12-13-16-8-4-3-5-9-16)19-15(2)20-18-11-7-6-10-17(18)19/h6-7,10-14,16,20H,3-5,8-9H2,1-2H3/b13-12+. The van der Waals surface area contributed by atoms with Crippen LogP contribution in [-0.4, -0.2) is 4.98 Å². The molecule has 1 saturated carbocycles. The lowest BCUT2D eigenvalue weighted by atomic mass is 9.87. The van der Waals surface area contributed by atoms with E-state index in [2.05, 4.69) is 55.2 Å². The van der Waals surface area contributed by atoms with E-state index in [-0.39, 0.29) is 0 Å². The van der Waals surface area contributed by atoms with Crippen molar-refractivity contribution in [3.63, 3.8) is 0 Å². The summed E-state index contributed by atoms with van der Waals surface area (Å²) in [5, 5.41) is 1.38. The molecule has 1 heteroatoms. The zero-order valence-corrected chi connectivity index (χ0v) is 12.7. The van der Waals surface area contributed by atoms with Gasteiger partial charge in [-0.05, 0) is 37.3 Å². The first-order valence-electron chi connectivity index (χ1n) is 8.01. The van der Waals surface area contributed by atoms with E-state index < -0.39 is 0 Å². The highest BCUT2D eigenvalue weighted by Gasteiger charge is 2.14. The second kappa shape index (κ2) is 5.87. The van der Waals surface area contributed by atoms with Crippen LogP contribution in [-0.2, 0) is 0 Å². The van der Waals surface area contributed by atoms with Crippen molar-refractivity contribution in [3.8, 4) is 0 Å². The molecule has 0 aliphatic heterocycles. The van der Waals surface area contributed by atoms with E-state index in [1.54, 1.807) is 0 Å². The van der Waals surface area contributed by atoms with Crippen molar-refractivity contribution in [1.29, 1.82) is 0 Å². The number of aryl methyl sites for hydroxylation is 1. The fourth-order valence-electron chi connectivity index (χ4n) is 3.63. The number of aromatic nitrogens is 1. The molecule has 1 nitrogen and oxygen atoms in total. The Kier molecular flexibility index (Phi) is 3.95. The summed E-state index contributed by atoms with van der Waals surface area (Å²) in [7, 11) is 0. The molecule has 0 bridgehead atoms. The lowest BCUT2D eigenvalue weighted by molar-refractivity contribution is 0.418. The minimum absolute atomic E-state index is 0.494. The van der Waals surface area contributed by atoms with Crippen LogP contribution >= 0.6 is 0 Å². The Morgan fingerprint density at radius 2 is 1.90 bits per heavy atom. The average Bonchev–Trinajstić information content (AvgIpc) is 2.82. The van der Waals surface area contributed by atoms with Crippen LogP contribution < -0.4 is 0 Å². The monoisotopic (exact) mass is 267 g/mol. The average molecular weight is 267 g/mol. The normalized spacial score (nSPS) is 18.9. The maximum Gasteiger partial charge on any atom is 0.0459 e. The number of nitrogens with one attached hydrogen (secondary N) is 1. The van der Waals surface area contributed by atoms with Gasteiger partial charge in [-0.1, -0.05) is 56.5 Å². The quantitative estimate of drug-likeness (QED) is 0.685. The molecule has 1 heterocycles. The van der Waals surface area contributed by atoms with Gasteiger partial charge in [-0.15, -0.1) is 0 Å². The van der Waals surface area contributed by atoms with Gasteiger partial charge in [0.05, 0.1) is 0 Å². The highest BCUT2D eigenvalue weighted by Crippen LogP contribution is 2.31. The number of aromatic amines is 1. The maximum absolute atomic E-state index is 3.51. The summed E-state index contributed by atoms with van der Waals surface area (Å²) >= 11 is 0. The number of para-hydroxylation sites is 1. The highest BCUT2D eigenvalue weighted by atomic mass is 14.7. The second-order valence-corrected chi connectivity index (χ2v) is 6.28. The zero-order chi connectivity index (χ0) is 13.9. The van der Waals surface area contributed by atoms with Crippen molar-refractivity contribution in [3.05, 3.63) is 47.7 Å². The fraction of sp³-hybridized carbons (Fsp3) is 0.474. The lowest BCUT2D eigenvalue weighted by Gasteiger charge is -2.18. The van der Waals surface area contributed by atoms with Gasteiger partial charge in [0.25, 0.3) is 0 Å². The van der Waals surface area contributed by atoms with Crippen LogP contribution in [0.1, 0.15) is 56.2 Å². The van der Waals surface area contributed by atoms with Gasteiger partial charge >= 0.3 is 0 Å². The third-order valence-corrected chi connectivity index (χ3v) is 4.72. The largest absolute Gasteiger partial charge is 0.358 e. The smallest absolute Gasteiger partial charge is 0.0459 e. The number of fused-ring (bicyclic) bond motifs is 1. The summed E-state index contributed by atoms with van der Waals surface area (Å²) in [5.41, 5.74) is 4.04. The van der Waals surface area contributed by atoms with Crippen LogP contribution in [0.3, 0.4) is 0 Å². The molecular weight excluding hydrogens is 242 g/mol. The molecule has 1 aromatic heterocycles. The summed E-state index contributed by atoms with van der Waals surface area (Å²) in [4.78, 5) is 3.51. The van der Waals surface area contributed by atoms with Gasteiger partial charge in [-0.2, -0.15) is 0 Å². The number of hydrogen-bond acceptors (Lipinski definition) is 0. The second-order valence-electron chi connectivity index (χ2n) is 6.28. The van der Waals surface area contributed by atoms with Crippen LogP contribution in [0.4, 0.5) is 0 Å². The molecule has 1 N–H and O–H groups in total. The first-order chi connectivity index (χ1) is 9.75. The van der Waals surface area contributed by atoms with Crippen LogP contribution in [0, 0.1) is 12.8 Å². The van der Waals surface area contributed by atoms with Crippen LogP contribution in [0.5, 0.6) is 0 Å². The molecule has 1 aromatic carbocycles. The molecule has 1 atom stereocenters. The van der Waals surface area contributed by atoms with Crippen LogP contribution in [0.2, 0.25) is 0 Å². The van der Waals surface area contributed by atoms with Gasteiger partial charge in [0.1, 0.15) is 0 Å². The van der Waals surface area contributed by atoms with Crippen molar-refractivity contribution in [2.24, 2.45) is 5.92 Å². The van der Waals surface area contributed by atoms with Gasteiger partial charge < -0.3 is 4.98 Å². The number of allylic oxidation sites excluding steroid dienone is 2. The minimum atomic E-state index is 0.494. The summed E-state index contributed by atoms with van der Waals surface area (Å²) in [6.07, 6.45) is 11.9. The Labute approximate surface area is 122 Å². The van der Waals surface area contributed by atoms with Crippen LogP contribution in [0.25, 0.3) is 10.9 Å². The Bertz CT molecular complexity index is 599. The lowest BCUT2D eigenvalue weighted by Crippen LogP contribution is -2.03. The van der Waals surface area contributed by atoms with Crippen molar-refractivity contribution in [2.45, 2.75) is 51.9 Å². The number of benzene rings is 1. The molecule has 0 amide bonds. The fourth-order valence-corrected chi connectivity index (χ4v) is 3.63. The summed E-state index contributed by atoms with van der Waals surface area (Å²) in [6, 6.07) is 8.64. The van der Waals surface area contributed by atoms with E-state index in [0.717, 1.165) is 5.92 Å². The first kappa shape index (κ1) is 13.5. The first-order valence-corrected chi connectivity index (χ1v) is 8.01. The molecular formula is C19H25N. The van der Waals surface area contributed by atoms with Crippen molar-refractivity contribution in [2.75, 3.05) is 0 Å². The molecule has 1 aliphatic carbocycles. The number of rotatable bonds is 3. The summed E-state index contributed by atoms with van der Waals surface area (Å²) in [5.74, 6) is 1.31. The molecule has 0 spiro atoms. The number of hydrogen-bond donors (Lipinski definition) is 1. The van der Waals surface area contributed by atoms with E-state index >= 15 is 0 Å². The van der Waals surface area contributed by atoms with Crippen molar-refractivity contribution < 1.29 is 0 Å². The Hall–Kier alpha value is -1.50. The van der Waals surface area contributed by atoms with Gasteiger partial charge in [-0.25, -0.2) is 0 Å². The molecule has 106 valence electrons. The van der Waals surface area contributed by atoms with E-state index in [1.165, 1.54) is 54.3 Å². The number of H-pyrrole nitrogens is 1. The van der Waals surface area contributed by atoms with E-state index in [0.29, 0.717) is 5.92 Å². The topological polar surface area (TPSA) is 15.8 Å². The van der Waals surface area contributed by atoms with E-state index in [9.17, 15) is 0 Å². The van der Waals surface area contributed by atoms with Crippen molar-refractivity contribution in [1.82, 2.24) is 4.98 Å². The third kappa shape index (κ3) is 2.67. The maximum atomic E-state index is 3.51. The summed E-state index contributed by atoms with van der Waals surface area (Å²) < 4.78 is 0. The Balaban J connectivity index is 1.83. The molecule has 1 unspecified atom stereocenters. The Morgan fingerprint density at radius 1 is 1.15 bits per heavy atom. The summed E-state index contributed by atoms with van der Waals surface area (Å²) in [6.45, 7) is 4.52. The van der Waals surface area contributed by atoms with Gasteiger partial charge in [-0.3, -0.25) is 0 Å². The minimum Gasteiger partial charge on any atom is -0.358 e. The SMILES string of the molecule is Cc1[nH]c2ccccc2c1C(C)/C=C/C1CCCCC1. The molecule has 0 radical (unpaired) electrons. The van der Waals surface area contributed by atoms with E-state index in [4.69, 9.17) is 0 Å². The molecule has 1 aliphatic rings. The highest BCUT2D eigenvalue weighted by molar-refractivity contribution is 5.85. The molecule has 1 fully saturated rings. The van der Waals surface area contributed by atoms with Gasteiger partial charge in [0.2, 0.25) is 0 Å². The molecule has 2 aromatic rings. The van der Waals surface area contributed by atoms with Crippen molar-refractivity contribution >= 4 is 10.9 Å². The molecule has 3 rings (SSSR count). The zero-order valence-electron chi connectivity index (χ0n) is 12.7. The van der Waals surface area contributed by atoms with Gasteiger partial charge in [0.15, 0.2) is 0 Å². The predicted octanol–water partition coefficient (Wildman–Crippen LogP) is 5.72. The predicted molar refractivity (Wildman–Crippen MR) is 87.2 cm³/mol. The van der Waals surface area contributed by atoms with Crippen LogP contribution in [0.15, 0.2) is 36.4 Å². The molecule has 20 heavy (non-hydrogen) atoms. The Morgan fingerprint density at radius 3 is 2.70 bits per heavy atom.